The number of rotatable bonds is 3. The number of aliphatic hydroxyl groups excluding tert-OH is 2. The van der Waals surface area contributed by atoms with Crippen LogP contribution in [-0.2, 0) is 6.54 Å². The Kier molecular flexibility index (Phi) is 3.62. The van der Waals surface area contributed by atoms with E-state index in [2.05, 4.69) is 11.5 Å². The molecule has 0 amide bonds. The van der Waals surface area contributed by atoms with Gasteiger partial charge in [0.15, 0.2) is 0 Å². The van der Waals surface area contributed by atoms with Crippen LogP contribution in [0.5, 0.6) is 0 Å². The van der Waals surface area contributed by atoms with Crippen LogP contribution >= 0.6 is 0 Å². The van der Waals surface area contributed by atoms with Crippen molar-refractivity contribution >= 4 is 0 Å². The molecule has 2 rings (SSSR count). The second-order valence-corrected chi connectivity index (χ2v) is 4.61. The van der Waals surface area contributed by atoms with Crippen molar-refractivity contribution in [2.45, 2.75) is 37.8 Å². The minimum absolute atomic E-state index is 0.0618. The third kappa shape index (κ3) is 2.27. The van der Waals surface area contributed by atoms with E-state index in [9.17, 15) is 10.2 Å². The van der Waals surface area contributed by atoms with Crippen molar-refractivity contribution in [1.82, 2.24) is 4.90 Å². The summed E-state index contributed by atoms with van der Waals surface area (Å²) >= 11 is 0. The molecule has 2 N–H and O–H groups in total. The summed E-state index contributed by atoms with van der Waals surface area (Å²) in [5, 5.41) is 19.8. The fourth-order valence-electron chi connectivity index (χ4n) is 2.47. The van der Waals surface area contributed by atoms with E-state index in [0.717, 1.165) is 0 Å². The molecule has 0 bridgehead atoms. The molecule has 1 fully saturated rings. The fraction of sp³-hybridized carbons (Fsp3) is 0.429. The molecule has 0 aliphatic carbocycles. The lowest BCUT2D eigenvalue weighted by molar-refractivity contribution is 0.0357. The second kappa shape index (κ2) is 5.00. The lowest BCUT2D eigenvalue weighted by Crippen LogP contribution is -2.35. The summed E-state index contributed by atoms with van der Waals surface area (Å²) in [6.07, 6.45) is 0.258. The summed E-state index contributed by atoms with van der Waals surface area (Å²) in [7, 11) is 0. The van der Waals surface area contributed by atoms with Gasteiger partial charge in [0, 0.05) is 12.6 Å². The van der Waals surface area contributed by atoms with Crippen LogP contribution in [0.25, 0.3) is 0 Å². The number of hydrogen-bond donors (Lipinski definition) is 2. The van der Waals surface area contributed by atoms with Crippen molar-refractivity contribution < 1.29 is 10.2 Å². The summed E-state index contributed by atoms with van der Waals surface area (Å²) in [6, 6.07) is 9.81. The van der Waals surface area contributed by atoms with Crippen LogP contribution in [0.15, 0.2) is 43.0 Å². The van der Waals surface area contributed by atoms with Crippen LogP contribution < -0.4 is 0 Å². The van der Waals surface area contributed by atoms with Crippen LogP contribution in [0, 0.1) is 0 Å². The first kappa shape index (κ1) is 12.3. The Morgan fingerprint density at radius 2 is 1.88 bits per heavy atom. The average molecular weight is 233 g/mol. The van der Waals surface area contributed by atoms with Gasteiger partial charge in [0.2, 0.25) is 0 Å². The molecule has 17 heavy (non-hydrogen) atoms. The minimum Gasteiger partial charge on any atom is -0.389 e. The monoisotopic (exact) mass is 233 g/mol. The Labute approximate surface area is 102 Å². The maximum Gasteiger partial charge on any atom is 0.100 e. The summed E-state index contributed by atoms with van der Waals surface area (Å²) in [4.78, 5) is 2.08. The Balaban J connectivity index is 2.17. The predicted molar refractivity (Wildman–Crippen MR) is 67.4 cm³/mol. The highest BCUT2D eigenvalue weighted by molar-refractivity contribution is 5.17. The largest absolute Gasteiger partial charge is 0.389 e. The molecule has 1 aromatic carbocycles. The van der Waals surface area contributed by atoms with Crippen molar-refractivity contribution in [2.75, 3.05) is 0 Å². The van der Waals surface area contributed by atoms with Gasteiger partial charge in [-0.1, -0.05) is 36.4 Å². The highest BCUT2D eigenvalue weighted by Crippen LogP contribution is 2.27. The summed E-state index contributed by atoms with van der Waals surface area (Å²) in [6.45, 7) is 6.39. The van der Waals surface area contributed by atoms with Crippen LogP contribution in [0.4, 0.5) is 0 Å². The van der Waals surface area contributed by atoms with Gasteiger partial charge in [-0.05, 0) is 12.5 Å². The van der Waals surface area contributed by atoms with Gasteiger partial charge in [0.25, 0.3) is 0 Å². The molecule has 1 aromatic rings. The van der Waals surface area contributed by atoms with E-state index >= 15 is 0 Å². The molecule has 1 saturated heterocycles. The minimum atomic E-state index is -0.744. The van der Waals surface area contributed by atoms with Crippen LogP contribution in [0.2, 0.25) is 0 Å². The molecule has 1 aliphatic rings. The molecule has 1 heterocycles. The Bertz CT molecular complexity index is 379. The van der Waals surface area contributed by atoms with Crippen LogP contribution in [0.3, 0.4) is 0 Å². The lowest BCUT2D eigenvalue weighted by atomic mass is 10.1. The first-order valence-corrected chi connectivity index (χ1v) is 5.93. The van der Waals surface area contributed by atoms with Gasteiger partial charge in [-0.15, -0.1) is 6.58 Å². The molecule has 0 radical (unpaired) electrons. The van der Waals surface area contributed by atoms with Crippen molar-refractivity contribution in [3.63, 3.8) is 0 Å². The molecule has 3 heteroatoms. The average Bonchev–Trinajstić information content (AvgIpc) is 2.55. The fourth-order valence-corrected chi connectivity index (χ4v) is 2.47. The number of nitrogens with zero attached hydrogens (tertiary/aromatic N) is 1. The normalized spacial score (nSPS) is 33.8. The molecule has 0 saturated carbocycles. The Morgan fingerprint density at radius 3 is 2.47 bits per heavy atom. The van der Waals surface area contributed by atoms with Crippen molar-refractivity contribution in [2.24, 2.45) is 0 Å². The smallest absolute Gasteiger partial charge is 0.100 e. The molecule has 0 aromatic heterocycles. The SMILES string of the molecule is C=C[C@H]1[C@H](O)[C@H](O)[C@@H](C)N1Cc1ccccc1. The third-order valence-corrected chi connectivity index (χ3v) is 3.55. The summed E-state index contributed by atoms with van der Waals surface area (Å²) in [5.41, 5.74) is 1.17. The zero-order valence-corrected chi connectivity index (χ0v) is 10.0. The van der Waals surface area contributed by atoms with Crippen LogP contribution in [-0.4, -0.2) is 39.4 Å². The van der Waals surface area contributed by atoms with Crippen molar-refractivity contribution in [1.29, 1.82) is 0 Å². The molecule has 3 nitrogen and oxygen atoms in total. The first-order valence-electron chi connectivity index (χ1n) is 5.93. The molecular weight excluding hydrogens is 214 g/mol. The third-order valence-electron chi connectivity index (χ3n) is 3.55. The van der Waals surface area contributed by atoms with E-state index < -0.39 is 12.2 Å². The summed E-state index contributed by atoms with van der Waals surface area (Å²) in [5.74, 6) is 0. The zero-order chi connectivity index (χ0) is 12.4. The predicted octanol–water partition coefficient (Wildman–Crippen LogP) is 1.17. The second-order valence-electron chi connectivity index (χ2n) is 4.61. The van der Waals surface area contributed by atoms with Gasteiger partial charge >= 0.3 is 0 Å². The van der Waals surface area contributed by atoms with E-state index in [4.69, 9.17) is 0 Å². The maximum absolute atomic E-state index is 9.91. The van der Waals surface area contributed by atoms with Crippen molar-refractivity contribution in [3.05, 3.63) is 48.6 Å². The van der Waals surface area contributed by atoms with Gasteiger partial charge < -0.3 is 10.2 Å². The Hall–Kier alpha value is -1.16. The van der Waals surface area contributed by atoms with Gasteiger partial charge in [-0.2, -0.15) is 0 Å². The van der Waals surface area contributed by atoms with E-state index in [1.165, 1.54) is 5.56 Å². The topological polar surface area (TPSA) is 43.7 Å². The number of likely N-dealkylation sites (tertiary alicyclic amines) is 1. The molecule has 4 atom stereocenters. The number of benzene rings is 1. The van der Waals surface area contributed by atoms with Gasteiger partial charge in [0.05, 0.1) is 12.1 Å². The maximum atomic E-state index is 9.91. The number of hydrogen-bond acceptors (Lipinski definition) is 3. The zero-order valence-electron chi connectivity index (χ0n) is 10.0. The molecule has 0 spiro atoms. The van der Waals surface area contributed by atoms with Gasteiger partial charge in [-0.25, -0.2) is 0 Å². The van der Waals surface area contributed by atoms with E-state index in [-0.39, 0.29) is 12.1 Å². The number of aliphatic hydroxyl groups is 2. The van der Waals surface area contributed by atoms with Gasteiger partial charge in [-0.3, -0.25) is 4.90 Å². The molecule has 0 unspecified atom stereocenters. The lowest BCUT2D eigenvalue weighted by Gasteiger charge is -2.26. The van der Waals surface area contributed by atoms with E-state index in [0.29, 0.717) is 6.54 Å². The first-order chi connectivity index (χ1) is 8.15. The molecule has 92 valence electrons. The summed E-state index contributed by atoms with van der Waals surface area (Å²) < 4.78 is 0. The Morgan fingerprint density at radius 1 is 1.24 bits per heavy atom. The molecule has 1 aliphatic heterocycles. The van der Waals surface area contributed by atoms with Crippen molar-refractivity contribution in [3.8, 4) is 0 Å². The van der Waals surface area contributed by atoms with E-state index in [1.807, 2.05) is 37.3 Å². The molecular formula is C14H19NO2. The highest BCUT2D eigenvalue weighted by atomic mass is 16.3. The van der Waals surface area contributed by atoms with Gasteiger partial charge in [0.1, 0.15) is 6.10 Å². The standard InChI is InChI=1S/C14H19NO2/c1-3-12-14(17)13(16)10(2)15(12)9-11-7-5-4-6-8-11/h3-8,10,12-14,16-17H,1,9H2,2H3/t10-,12+,13-,14+/m1/s1. The van der Waals surface area contributed by atoms with Crippen LogP contribution in [0.1, 0.15) is 12.5 Å². The highest BCUT2D eigenvalue weighted by Gasteiger charge is 2.43. The quantitative estimate of drug-likeness (QED) is 0.770. The van der Waals surface area contributed by atoms with E-state index in [1.54, 1.807) is 6.08 Å².